The Balaban J connectivity index is 0.000000320. The van der Waals surface area contributed by atoms with Crippen LogP contribution in [-0.2, 0) is 0 Å². The first kappa shape index (κ1) is 6.37. The number of halogens is 1. The molecule has 2 bridgehead atoms. The Morgan fingerprint density at radius 1 is 0.875 bits per heavy atom. The highest BCUT2D eigenvalue weighted by molar-refractivity contribution is 5.85. The van der Waals surface area contributed by atoms with Crippen molar-refractivity contribution in [1.82, 2.24) is 5.32 Å². The van der Waals surface area contributed by atoms with Gasteiger partial charge in [0.15, 0.2) is 0 Å². The lowest BCUT2D eigenvalue weighted by molar-refractivity contribution is 0.576. The first-order chi connectivity index (χ1) is 3.45. The molecular formula is C6H12ClN. The first-order valence-electron chi connectivity index (χ1n) is 3.21. The normalized spacial score (nSPS) is 42.0. The van der Waals surface area contributed by atoms with E-state index >= 15 is 0 Å². The lowest BCUT2D eigenvalue weighted by Crippen LogP contribution is -2.17. The van der Waals surface area contributed by atoms with E-state index in [0.29, 0.717) is 0 Å². The van der Waals surface area contributed by atoms with E-state index in [2.05, 4.69) is 5.32 Å². The summed E-state index contributed by atoms with van der Waals surface area (Å²) in [6, 6.07) is 1.84. The molecular weight excluding hydrogens is 122 g/mol. The Kier molecular flexibility index (Phi) is 1.78. The molecule has 0 atom stereocenters. The van der Waals surface area contributed by atoms with E-state index in [4.69, 9.17) is 0 Å². The maximum absolute atomic E-state index is 3.53. The zero-order valence-electron chi connectivity index (χ0n) is 4.89. The molecule has 2 aliphatic heterocycles. The van der Waals surface area contributed by atoms with Crippen molar-refractivity contribution in [2.75, 3.05) is 0 Å². The molecule has 2 aliphatic rings. The minimum absolute atomic E-state index is 0. The van der Waals surface area contributed by atoms with Gasteiger partial charge in [0.25, 0.3) is 0 Å². The van der Waals surface area contributed by atoms with Crippen LogP contribution in [0.2, 0.25) is 0 Å². The summed E-state index contributed by atoms with van der Waals surface area (Å²) in [5.41, 5.74) is 0. The van der Waals surface area contributed by atoms with Gasteiger partial charge in [-0.2, -0.15) is 0 Å². The fourth-order valence-electron chi connectivity index (χ4n) is 1.76. The fourth-order valence-corrected chi connectivity index (χ4v) is 1.76. The minimum Gasteiger partial charge on any atom is -0.311 e. The number of nitrogens with one attached hydrogen (secondary N) is 1. The second kappa shape index (κ2) is 2.24. The van der Waals surface area contributed by atoms with Crippen LogP contribution in [-0.4, -0.2) is 12.1 Å². The van der Waals surface area contributed by atoms with E-state index in [1.54, 1.807) is 0 Å². The van der Waals surface area contributed by atoms with Gasteiger partial charge in [0.1, 0.15) is 0 Å². The summed E-state index contributed by atoms with van der Waals surface area (Å²) in [7, 11) is 0. The third-order valence-electron chi connectivity index (χ3n) is 2.20. The van der Waals surface area contributed by atoms with Crippen molar-refractivity contribution >= 4 is 12.4 Å². The Labute approximate surface area is 56.3 Å². The van der Waals surface area contributed by atoms with E-state index in [-0.39, 0.29) is 12.4 Å². The highest BCUT2D eigenvalue weighted by Crippen LogP contribution is 2.26. The van der Waals surface area contributed by atoms with Gasteiger partial charge < -0.3 is 5.32 Å². The maximum atomic E-state index is 3.53. The van der Waals surface area contributed by atoms with Crippen LogP contribution in [0.4, 0.5) is 0 Å². The van der Waals surface area contributed by atoms with Gasteiger partial charge in [-0.25, -0.2) is 0 Å². The van der Waals surface area contributed by atoms with E-state index in [0.717, 1.165) is 12.1 Å². The van der Waals surface area contributed by atoms with Crippen molar-refractivity contribution in [2.24, 2.45) is 0 Å². The largest absolute Gasteiger partial charge is 0.311 e. The average Bonchev–Trinajstić information content (AvgIpc) is 2.22. The molecule has 1 nitrogen and oxygen atoms in total. The van der Waals surface area contributed by atoms with E-state index in [1.165, 1.54) is 25.7 Å². The molecule has 1 N–H and O–H groups in total. The van der Waals surface area contributed by atoms with Crippen LogP contribution in [0, 0.1) is 0 Å². The van der Waals surface area contributed by atoms with Crippen LogP contribution in [0.1, 0.15) is 25.7 Å². The summed E-state index contributed by atoms with van der Waals surface area (Å²) < 4.78 is 0. The van der Waals surface area contributed by atoms with Gasteiger partial charge in [-0.05, 0) is 25.7 Å². The smallest absolute Gasteiger partial charge is 0.00708 e. The van der Waals surface area contributed by atoms with Crippen LogP contribution < -0.4 is 5.32 Å². The molecule has 0 saturated carbocycles. The van der Waals surface area contributed by atoms with Crippen molar-refractivity contribution < 1.29 is 0 Å². The van der Waals surface area contributed by atoms with Crippen molar-refractivity contribution in [3.63, 3.8) is 0 Å². The Bertz CT molecular complexity index is 66.6. The van der Waals surface area contributed by atoms with Gasteiger partial charge in [0.05, 0.1) is 0 Å². The summed E-state index contributed by atoms with van der Waals surface area (Å²) in [6.45, 7) is 0. The number of hydrogen-bond donors (Lipinski definition) is 1. The fraction of sp³-hybridized carbons (Fsp3) is 1.00. The van der Waals surface area contributed by atoms with Crippen LogP contribution in [0.5, 0.6) is 0 Å². The third kappa shape index (κ3) is 0.848. The van der Waals surface area contributed by atoms with Crippen LogP contribution in [0.25, 0.3) is 0 Å². The zero-order valence-corrected chi connectivity index (χ0v) is 5.71. The highest BCUT2D eigenvalue weighted by Gasteiger charge is 2.29. The Morgan fingerprint density at radius 3 is 1.38 bits per heavy atom. The SMILES string of the molecule is C1C[C@H]2CC[C@H]1N2.Cl. The first-order valence-corrected chi connectivity index (χ1v) is 3.21. The molecule has 8 heavy (non-hydrogen) atoms. The van der Waals surface area contributed by atoms with Gasteiger partial charge in [0, 0.05) is 12.1 Å². The molecule has 0 unspecified atom stereocenters. The van der Waals surface area contributed by atoms with Crippen molar-refractivity contribution in [2.45, 2.75) is 37.8 Å². The summed E-state index contributed by atoms with van der Waals surface area (Å²) in [6.07, 6.45) is 5.80. The van der Waals surface area contributed by atoms with Crippen molar-refractivity contribution in [1.29, 1.82) is 0 Å². The number of rotatable bonds is 0. The average molecular weight is 134 g/mol. The van der Waals surface area contributed by atoms with Gasteiger partial charge in [-0.15, -0.1) is 12.4 Å². The molecule has 2 heteroatoms. The van der Waals surface area contributed by atoms with Gasteiger partial charge in [-0.1, -0.05) is 0 Å². The zero-order chi connectivity index (χ0) is 4.69. The topological polar surface area (TPSA) is 12.0 Å². The maximum Gasteiger partial charge on any atom is 0.00708 e. The van der Waals surface area contributed by atoms with Gasteiger partial charge in [-0.3, -0.25) is 0 Å². The molecule has 2 heterocycles. The molecule has 2 rings (SSSR count). The van der Waals surface area contributed by atoms with Crippen LogP contribution >= 0.6 is 12.4 Å². The van der Waals surface area contributed by atoms with E-state index in [9.17, 15) is 0 Å². The predicted molar refractivity (Wildman–Crippen MR) is 36.4 cm³/mol. The molecule has 0 spiro atoms. The molecule has 2 saturated heterocycles. The summed E-state index contributed by atoms with van der Waals surface area (Å²) in [5.74, 6) is 0. The molecule has 0 aromatic carbocycles. The van der Waals surface area contributed by atoms with E-state index < -0.39 is 0 Å². The molecule has 0 aliphatic carbocycles. The number of hydrogen-bond acceptors (Lipinski definition) is 1. The van der Waals surface area contributed by atoms with Gasteiger partial charge >= 0.3 is 0 Å². The molecule has 0 radical (unpaired) electrons. The van der Waals surface area contributed by atoms with Gasteiger partial charge in [0.2, 0.25) is 0 Å². The second-order valence-corrected chi connectivity index (χ2v) is 2.72. The Morgan fingerprint density at radius 2 is 1.25 bits per heavy atom. The van der Waals surface area contributed by atoms with Crippen LogP contribution in [0.3, 0.4) is 0 Å². The number of fused-ring (bicyclic) bond motifs is 2. The summed E-state index contributed by atoms with van der Waals surface area (Å²) >= 11 is 0. The summed E-state index contributed by atoms with van der Waals surface area (Å²) in [5, 5.41) is 3.53. The third-order valence-corrected chi connectivity index (χ3v) is 2.20. The van der Waals surface area contributed by atoms with Crippen LogP contribution in [0.15, 0.2) is 0 Å². The standard InChI is InChI=1S/C6H11N.ClH/c1-2-6-4-3-5(1)7-6;/h5-7H,1-4H2;1H/t5-,6-;. The summed E-state index contributed by atoms with van der Waals surface area (Å²) in [4.78, 5) is 0. The Hall–Kier alpha value is 0.250. The molecule has 0 amide bonds. The second-order valence-electron chi connectivity index (χ2n) is 2.72. The molecule has 48 valence electrons. The minimum atomic E-state index is 0. The quantitative estimate of drug-likeness (QED) is 0.526. The van der Waals surface area contributed by atoms with Crippen molar-refractivity contribution in [3.05, 3.63) is 0 Å². The van der Waals surface area contributed by atoms with Crippen molar-refractivity contribution in [3.8, 4) is 0 Å². The predicted octanol–water partition coefficient (Wildman–Crippen LogP) is 1.32. The molecule has 0 aromatic heterocycles. The lowest BCUT2D eigenvalue weighted by Gasteiger charge is -2.02. The molecule has 2 fully saturated rings. The van der Waals surface area contributed by atoms with E-state index in [1.807, 2.05) is 0 Å². The lowest BCUT2D eigenvalue weighted by atomic mass is 10.0. The monoisotopic (exact) mass is 133 g/mol. The molecule has 0 aromatic rings. The highest BCUT2D eigenvalue weighted by atomic mass is 35.5.